The normalized spacial score (nSPS) is 11.3. The first-order valence-corrected chi connectivity index (χ1v) is 8.90. The van der Waals surface area contributed by atoms with E-state index in [1.807, 2.05) is 30.3 Å². The molecule has 0 aliphatic carbocycles. The summed E-state index contributed by atoms with van der Waals surface area (Å²) in [7, 11) is 0. The summed E-state index contributed by atoms with van der Waals surface area (Å²) in [6.45, 7) is 9.22. The quantitative estimate of drug-likeness (QED) is 0.365. The van der Waals surface area contributed by atoms with E-state index in [9.17, 15) is 0 Å². The molecule has 0 bridgehead atoms. The van der Waals surface area contributed by atoms with Crippen LogP contribution in [0.3, 0.4) is 0 Å². The van der Waals surface area contributed by atoms with Crippen molar-refractivity contribution in [1.29, 1.82) is 0 Å². The fraction of sp³-hybridized carbons (Fsp3) is 0.0526. The molecule has 0 spiro atoms. The van der Waals surface area contributed by atoms with Crippen molar-refractivity contribution in [3.63, 3.8) is 0 Å². The molecule has 0 aliphatic rings. The molecule has 0 radical (unpaired) electrons. The molecule has 0 saturated carbocycles. The van der Waals surface area contributed by atoms with Gasteiger partial charge in [0, 0.05) is 18.0 Å². The second kappa shape index (κ2) is 7.02. The van der Waals surface area contributed by atoms with Crippen LogP contribution in [0.2, 0.25) is 0 Å². The summed E-state index contributed by atoms with van der Waals surface area (Å²) in [5, 5.41) is 20.5. The van der Waals surface area contributed by atoms with Gasteiger partial charge in [0.25, 0.3) is 11.6 Å². The predicted molar refractivity (Wildman–Crippen MR) is 107 cm³/mol. The summed E-state index contributed by atoms with van der Waals surface area (Å²) in [6.07, 6.45) is 4.58. The molecule has 1 aromatic carbocycles. The first-order chi connectivity index (χ1) is 14.7. The van der Waals surface area contributed by atoms with Crippen molar-refractivity contribution >= 4 is 22.8 Å². The maximum Gasteiger partial charge on any atom is 0.252 e. The third-order valence-electron chi connectivity index (χ3n) is 4.27. The van der Waals surface area contributed by atoms with Crippen molar-refractivity contribution in [3.05, 3.63) is 72.2 Å². The van der Waals surface area contributed by atoms with Gasteiger partial charge < -0.3 is 0 Å². The number of aromatic nitrogens is 8. The Balaban J connectivity index is 1.67. The molecule has 11 nitrogen and oxygen atoms in total. The standard InChI is InChI=1S/C19H13N11/c1-12-24-18-16(15(28-30(18)27-12)13-7-4-3-5-8-13)25-26-17-14(20-2)11-23-29(17)19-21-9-6-10-22-19/h3-11,28H,1H3. The van der Waals surface area contributed by atoms with Gasteiger partial charge in [-0.2, -0.15) is 14.4 Å². The Bertz CT molecular complexity index is 1400. The number of benzene rings is 1. The van der Waals surface area contributed by atoms with E-state index in [0.29, 0.717) is 28.8 Å². The van der Waals surface area contributed by atoms with Gasteiger partial charge in [-0.3, -0.25) is 5.10 Å². The minimum absolute atomic E-state index is 0.228. The highest BCUT2D eigenvalue weighted by atomic mass is 15.5. The minimum Gasteiger partial charge on any atom is -0.273 e. The number of H-pyrrole nitrogens is 1. The number of hydrogen-bond donors (Lipinski definition) is 1. The largest absolute Gasteiger partial charge is 0.273 e. The molecule has 0 unspecified atom stereocenters. The average molecular weight is 395 g/mol. The average Bonchev–Trinajstić information content (AvgIpc) is 3.45. The van der Waals surface area contributed by atoms with E-state index in [1.54, 1.807) is 30.0 Å². The van der Waals surface area contributed by atoms with Crippen LogP contribution >= 0.6 is 0 Å². The second-order valence-corrected chi connectivity index (χ2v) is 6.22. The van der Waals surface area contributed by atoms with Crippen molar-refractivity contribution in [3.8, 4) is 17.2 Å². The van der Waals surface area contributed by atoms with E-state index >= 15 is 0 Å². The van der Waals surface area contributed by atoms with Gasteiger partial charge in [0.05, 0.1) is 18.5 Å². The van der Waals surface area contributed by atoms with Gasteiger partial charge in [0.1, 0.15) is 5.82 Å². The molecule has 144 valence electrons. The number of aryl methyl sites for hydroxylation is 1. The summed E-state index contributed by atoms with van der Waals surface area (Å²) in [6, 6.07) is 11.4. The van der Waals surface area contributed by atoms with Crippen molar-refractivity contribution in [2.24, 2.45) is 10.2 Å². The van der Waals surface area contributed by atoms with Crippen LogP contribution in [0, 0.1) is 13.5 Å². The predicted octanol–water partition coefficient (Wildman–Crippen LogP) is 3.97. The monoisotopic (exact) mass is 395 g/mol. The van der Waals surface area contributed by atoms with E-state index in [-0.39, 0.29) is 11.5 Å². The third-order valence-corrected chi connectivity index (χ3v) is 4.27. The fourth-order valence-electron chi connectivity index (χ4n) is 2.97. The first kappa shape index (κ1) is 17.4. The topological polar surface area (TPSA) is 119 Å². The van der Waals surface area contributed by atoms with Gasteiger partial charge in [-0.05, 0) is 13.0 Å². The number of nitrogens with one attached hydrogen (secondary N) is 1. The zero-order valence-corrected chi connectivity index (χ0v) is 15.7. The van der Waals surface area contributed by atoms with E-state index in [4.69, 9.17) is 6.57 Å². The molecule has 0 aliphatic heterocycles. The maximum atomic E-state index is 7.42. The van der Waals surface area contributed by atoms with E-state index < -0.39 is 0 Å². The van der Waals surface area contributed by atoms with Gasteiger partial charge in [0.2, 0.25) is 5.65 Å². The Morgan fingerprint density at radius 3 is 2.63 bits per heavy atom. The van der Waals surface area contributed by atoms with Crippen molar-refractivity contribution in [1.82, 2.24) is 39.6 Å². The van der Waals surface area contributed by atoms with Crippen molar-refractivity contribution < 1.29 is 0 Å². The number of fused-ring (bicyclic) bond motifs is 1. The Hall–Kier alpha value is -4.72. The Morgan fingerprint density at radius 1 is 1.07 bits per heavy atom. The molecule has 11 heteroatoms. The van der Waals surface area contributed by atoms with Crippen LogP contribution in [-0.2, 0) is 0 Å². The van der Waals surface area contributed by atoms with E-state index in [0.717, 1.165) is 5.56 Å². The van der Waals surface area contributed by atoms with Crippen molar-refractivity contribution in [2.45, 2.75) is 6.92 Å². The maximum absolute atomic E-state index is 7.42. The van der Waals surface area contributed by atoms with Crippen LogP contribution < -0.4 is 0 Å². The molecule has 4 aromatic heterocycles. The summed E-state index contributed by atoms with van der Waals surface area (Å²) in [4.78, 5) is 16.3. The van der Waals surface area contributed by atoms with Crippen LogP contribution in [0.1, 0.15) is 5.82 Å². The Labute approximate surface area is 169 Å². The summed E-state index contributed by atoms with van der Waals surface area (Å²) in [5.41, 5.74) is 2.88. The summed E-state index contributed by atoms with van der Waals surface area (Å²) >= 11 is 0. The zero-order chi connectivity index (χ0) is 20.5. The van der Waals surface area contributed by atoms with Crippen LogP contribution in [0.15, 0.2) is 65.2 Å². The molecule has 5 aromatic rings. The Kier molecular flexibility index (Phi) is 4.07. The lowest BCUT2D eigenvalue weighted by Gasteiger charge is -2.01. The molecule has 4 heterocycles. The smallest absolute Gasteiger partial charge is 0.252 e. The summed E-state index contributed by atoms with van der Waals surface area (Å²) in [5.74, 6) is 1.12. The third kappa shape index (κ3) is 2.89. The van der Waals surface area contributed by atoms with Gasteiger partial charge in [-0.25, -0.2) is 19.8 Å². The number of rotatable bonds is 4. The van der Waals surface area contributed by atoms with Crippen molar-refractivity contribution in [2.75, 3.05) is 0 Å². The first-order valence-electron chi connectivity index (χ1n) is 8.90. The van der Waals surface area contributed by atoms with E-state index in [1.165, 1.54) is 10.9 Å². The fourth-order valence-corrected chi connectivity index (χ4v) is 2.97. The molecule has 1 N–H and O–H groups in total. The summed E-state index contributed by atoms with van der Waals surface area (Å²) < 4.78 is 2.93. The highest BCUT2D eigenvalue weighted by molar-refractivity contribution is 5.82. The van der Waals surface area contributed by atoms with Crippen LogP contribution in [0.25, 0.3) is 27.7 Å². The molecule has 0 amide bonds. The number of aromatic amines is 1. The van der Waals surface area contributed by atoms with Crippen LogP contribution in [0.4, 0.5) is 17.2 Å². The molecule has 0 fully saturated rings. The number of azo groups is 1. The van der Waals surface area contributed by atoms with Crippen LogP contribution in [0.5, 0.6) is 0 Å². The second-order valence-electron chi connectivity index (χ2n) is 6.22. The molecule has 5 rings (SSSR count). The Morgan fingerprint density at radius 2 is 1.87 bits per heavy atom. The molecule has 30 heavy (non-hydrogen) atoms. The van der Waals surface area contributed by atoms with Gasteiger partial charge in [-0.1, -0.05) is 30.3 Å². The number of hydrogen-bond acceptors (Lipinski definition) is 7. The van der Waals surface area contributed by atoms with Gasteiger partial charge >= 0.3 is 0 Å². The lowest BCUT2D eigenvalue weighted by Crippen LogP contribution is -2.00. The van der Waals surface area contributed by atoms with Gasteiger partial charge in [-0.15, -0.1) is 15.3 Å². The lowest BCUT2D eigenvalue weighted by atomic mass is 10.1. The highest BCUT2D eigenvalue weighted by Gasteiger charge is 2.18. The number of nitrogens with zero attached hydrogens (tertiary/aromatic N) is 10. The lowest BCUT2D eigenvalue weighted by molar-refractivity contribution is 0.803. The molecule has 0 saturated heterocycles. The molecular formula is C19H13N11. The highest BCUT2D eigenvalue weighted by Crippen LogP contribution is 2.36. The minimum atomic E-state index is 0.228. The SMILES string of the molecule is [C-]#[N+]c1cnn(-c2ncccn2)c1N=Nc1c(-c2ccccc2)[nH]n2nc(C)nc12. The molecule has 0 atom stereocenters. The molecular weight excluding hydrogens is 382 g/mol. The van der Waals surface area contributed by atoms with Gasteiger partial charge in [0.15, 0.2) is 11.5 Å². The zero-order valence-electron chi connectivity index (χ0n) is 15.7. The van der Waals surface area contributed by atoms with E-state index in [2.05, 4.69) is 45.3 Å². The van der Waals surface area contributed by atoms with Crippen LogP contribution in [-0.4, -0.2) is 39.6 Å².